The van der Waals surface area contributed by atoms with Gasteiger partial charge in [0.15, 0.2) is 0 Å². The third-order valence-corrected chi connectivity index (χ3v) is 1.73. The summed E-state index contributed by atoms with van der Waals surface area (Å²) in [5.74, 6) is 1.08. The van der Waals surface area contributed by atoms with Gasteiger partial charge in [-0.2, -0.15) is 5.10 Å². The molecule has 0 atom stereocenters. The number of anilines is 1. The molecule has 0 saturated heterocycles. The Labute approximate surface area is 73.0 Å². The molecule has 68 valence electrons. The van der Waals surface area contributed by atoms with Gasteiger partial charge < -0.3 is 10.6 Å². The van der Waals surface area contributed by atoms with Gasteiger partial charge in [0.05, 0.1) is 6.20 Å². The first-order chi connectivity index (χ1) is 5.84. The van der Waals surface area contributed by atoms with Crippen LogP contribution in [0.2, 0.25) is 0 Å². The highest BCUT2D eigenvalue weighted by Crippen LogP contribution is 2.02. The Morgan fingerprint density at radius 3 is 2.92 bits per heavy atom. The minimum Gasteiger partial charge on any atom is -0.370 e. The molecule has 1 aromatic rings. The lowest BCUT2D eigenvalue weighted by molar-refractivity contribution is 0.730. The summed E-state index contributed by atoms with van der Waals surface area (Å²) in [6.45, 7) is 2.03. The average molecular weight is 168 g/mol. The van der Waals surface area contributed by atoms with E-state index in [4.69, 9.17) is 0 Å². The summed E-state index contributed by atoms with van der Waals surface area (Å²) < 4.78 is 1.83. The monoisotopic (exact) mass is 168 g/mol. The summed E-state index contributed by atoms with van der Waals surface area (Å²) in [5.41, 5.74) is 0. The Balaban J connectivity index is 2.20. The minimum absolute atomic E-state index is 0.986. The highest BCUT2D eigenvalue weighted by molar-refractivity contribution is 5.32. The quantitative estimate of drug-likeness (QED) is 0.627. The van der Waals surface area contributed by atoms with Crippen molar-refractivity contribution in [1.82, 2.24) is 15.1 Å². The minimum atomic E-state index is 0.986. The maximum absolute atomic E-state index is 4.05. The van der Waals surface area contributed by atoms with Crippen molar-refractivity contribution < 1.29 is 0 Å². The third-order valence-electron chi connectivity index (χ3n) is 1.73. The van der Waals surface area contributed by atoms with Gasteiger partial charge in [-0.15, -0.1) is 0 Å². The SMILES string of the molecule is CNCCCNc1ccnn1C. The highest BCUT2D eigenvalue weighted by Gasteiger charge is 1.94. The van der Waals surface area contributed by atoms with E-state index in [1.165, 1.54) is 0 Å². The molecule has 2 N–H and O–H groups in total. The number of rotatable bonds is 5. The summed E-state index contributed by atoms with van der Waals surface area (Å²) >= 11 is 0. The van der Waals surface area contributed by atoms with Gasteiger partial charge in [-0.1, -0.05) is 0 Å². The van der Waals surface area contributed by atoms with Crippen molar-refractivity contribution in [3.05, 3.63) is 12.3 Å². The molecule has 0 saturated carbocycles. The fourth-order valence-electron chi connectivity index (χ4n) is 1.03. The van der Waals surface area contributed by atoms with Crippen molar-refractivity contribution in [2.75, 3.05) is 25.5 Å². The lowest BCUT2D eigenvalue weighted by atomic mass is 10.4. The summed E-state index contributed by atoms with van der Waals surface area (Å²) in [6, 6.07) is 1.97. The Bertz CT molecular complexity index is 219. The van der Waals surface area contributed by atoms with Crippen molar-refractivity contribution in [3.8, 4) is 0 Å². The van der Waals surface area contributed by atoms with E-state index in [0.717, 1.165) is 25.3 Å². The van der Waals surface area contributed by atoms with Gasteiger partial charge in [-0.3, -0.25) is 4.68 Å². The molecule has 0 aliphatic heterocycles. The van der Waals surface area contributed by atoms with Crippen LogP contribution >= 0.6 is 0 Å². The van der Waals surface area contributed by atoms with Crippen molar-refractivity contribution >= 4 is 5.82 Å². The Kier molecular flexibility index (Phi) is 3.60. The second kappa shape index (κ2) is 4.77. The lowest BCUT2D eigenvalue weighted by Crippen LogP contribution is -2.14. The highest BCUT2D eigenvalue weighted by atomic mass is 15.3. The Morgan fingerprint density at radius 2 is 2.33 bits per heavy atom. The van der Waals surface area contributed by atoms with Crippen molar-refractivity contribution in [2.24, 2.45) is 7.05 Å². The molecule has 4 nitrogen and oxygen atoms in total. The van der Waals surface area contributed by atoms with Crippen LogP contribution in [-0.4, -0.2) is 29.9 Å². The first kappa shape index (κ1) is 9.06. The van der Waals surface area contributed by atoms with Crippen LogP contribution in [0.5, 0.6) is 0 Å². The summed E-state index contributed by atoms with van der Waals surface area (Å²) in [6.07, 6.45) is 2.92. The summed E-state index contributed by atoms with van der Waals surface area (Å²) in [5, 5.41) is 10.4. The smallest absolute Gasteiger partial charge is 0.123 e. The molecule has 0 radical (unpaired) electrons. The van der Waals surface area contributed by atoms with E-state index in [1.54, 1.807) is 6.20 Å². The zero-order valence-electron chi connectivity index (χ0n) is 7.67. The number of aromatic nitrogens is 2. The van der Waals surface area contributed by atoms with Crippen LogP contribution in [0.1, 0.15) is 6.42 Å². The number of aryl methyl sites for hydroxylation is 1. The largest absolute Gasteiger partial charge is 0.370 e. The van der Waals surface area contributed by atoms with Crippen LogP contribution in [0, 0.1) is 0 Å². The number of nitrogens with one attached hydrogen (secondary N) is 2. The third kappa shape index (κ3) is 2.54. The summed E-state index contributed by atoms with van der Waals surface area (Å²) in [4.78, 5) is 0. The molecule has 0 spiro atoms. The Hall–Kier alpha value is -1.03. The first-order valence-electron chi connectivity index (χ1n) is 4.21. The van der Waals surface area contributed by atoms with E-state index < -0.39 is 0 Å². The zero-order chi connectivity index (χ0) is 8.81. The van der Waals surface area contributed by atoms with Gasteiger partial charge in [0.2, 0.25) is 0 Å². The van der Waals surface area contributed by atoms with Crippen LogP contribution in [-0.2, 0) is 7.05 Å². The molecule has 0 aliphatic rings. The number of hydrogen-bond donors (Lipinski definition) is 2. The fraction of sp³-hybridized carbons (Fsp3) is 0.625. The van der Waals surface area contributed by atoms with Crippen LogP contribution in [0.3, 0.4) is 0 Å². The molecular weight excluding hydrogens is 152 g/mol. The topological polar surface area (TPSA) is 41.9 Å². The van der Waals surface area contributed by atoms with E-state index >= 15 is 0 Å². The molecule has 0 aromatic carbocycles. The standard InChI is InChI=1S/C8H16N4/c1-9-5-3-6-10-8-4-7-11-12(8)2/h4,7,9-10H,3,5-6H2,1-2H3. The van der Waals surface area contributed by atoms with Gasteiger partial charge >= 0.3 is 0 Å². The molecule has 0 amide bonds. The van der Waals surface area contributed by atoms with E-state index in [1.807, 2.05) is 24.8 Å². The molecule has 0 unspecified atom stereocenters. The number of nitrogens with zero attached hydrogens (tertiary/aromatic N) is 2. The second-order valence-electron chi connectivity index (χ2n) is 2.72. The van der Waals surface area contributed by atoms with Crippen LogP contribution < -0.4 is 10.6 Å². The van der Waals surface area contributed by atoms with E-state index in [9.17, 15) is 0 Å². The Morgan fingerprint density at radius 1 is 1.50 bits per heavy atom. The van der Waals surface area contributed by atoms with Crippen molar-refractivity contribution in [1.29, 1.82) is 0 Å². The van der Waals surface area contributed by atoms with E-state index in [-0.39, 0.29) is 0 Å². The molecule has 0 fully saturated rings. The van der Waals surface area contributed by atoms with Gasteiger partial charge in [0.25, 0.3) is 0 Å². The average Bonchev–Trinajstić information content (AvgIpc) is 2.46. The molecule has 1 aromatic heterocycles. The maximum atomic E-state index is 4.05. The van der Waals surface area contributed by atoms with Crippen molar-refractivity contribution in [2.45, 2.75) is 6.42 Å². The molecule has 1 heterocycles. The van der Waals surface area contributed by atoms with E-state index in [2.05, 4.69) is 15.7 Å². The number of hydrogen-bond acceptors (Lipinski definition) is 3. The fourth-order valence-corrected chi connectivity index (χ4v) is 1.03. The normalized spacial score (nSPS) is 10.2. The lowest BCUT2D eigenvalue weighted by Gasteiger charge is -2.05. The zero-order valence-corrected chi connectivity index (χ0v) is 7.67. The van der Waals surface area contributed by atoms with Gasteiger partial charge in [-0.05, 0) is 20.0 Å². The van der Waals surface area contributed by atoms with Gasteiger partial charge in [-0.25, -0.2) is 0 Å². The summed E-state index contributed by atoms with van der Waals surface area (Å²) in [7, 11) is 3.89. The first-order valence-corrected chi connectivity index (χ1v) is 4.21. The van der Waals surface area contributed by atoms with Crippen LogP contribution in [0.15, 0.2) is 12.3 Å². The molecule has 0 aliphatic carbocycles. The molecule has 4 heteroatoms. The predicted molar refractivity (Wildman–Crippen MR) is 50.2 cm³/mol. The van der Waals surface area contributed by atoms with Gasteiger partial charge in [0, 0.05) is 19.7 Å². The van der Waals surface area contributed by atoms with E-state index in [0.29, 0.717) is 0 Å². The maximum Gasteiger partial charge on any atom is 0.123 e. The van der Waals surface area contributed by atoms with Gasteiger partial charge in [0.1, 0.15) is 5.82 Å². The van der Waals surface area contributed by atoms with Crippen LogP contribution in [0.4, 0.5) is 5.82 Å². The van der Waals surface area contributed by atoms with Crippen molar-refractivity contribution in [3.63, 3.8) is 0 Å². The second-order valence-corrected chi connectivity index (χ2v) is 2.72. The molecular formula is C8H16N4. The van der Waals surface area contributed by atoms with Crippen LogP contribution in [0.25, 0.3) is 0 Å². The molecule has 1 rings (SSSR count). The molecule has 0 bridgehead atoms. The predicted octanol–water partition coefficient (Wildman–Crippen LogP) is 0.441. The molecule has 12 heavy (non-hydrogen) atoms.